The van der Waals surface area contributed by atoms with Crippen molar-refractivity contribution in [2.24, 2.45) is 5.92 Å². The largest absolute Gasteiger partial charge is 0.372 e. The minimum atomic E-state index is -0.223. The summed E-state index contributed by atoms with van der Waals surface area (Å²) in [5, 5.41) is 3.02. The molecule has 5 heteroatoms. The number of nitrogens with one attached hydrogen (secondary N) is 1. The van der Waals surface area contributed by atoms with Crippen molar-refractivity contribution in [3.05, 3.63) is 24.3 Å². The first kappa shape index (κ1) is 18.3. The highest BCUT2D eigenvalue weighted by atomic mass is 16.2. The lowest BCUT2D eigenvalue weighted by atomic mass is 10.1. The van der Waals surface area contributed by atoms with Crippen LogP contribution in [0.4, 0.5) is 11.4 Å². The van der Waals surface area contributed by atoms with E-state index in [1.165, 1.54) is 44.2 Å². The third-order valence-corrected chi connectivity index (χ3v) is 6.40. The molecule has 1 N–H and O–H groups in total. The van der Waals surface area contributed by atoms with Gasteiger partial charge in [0.15, 0.2) is 0 Å². The summed E-state index contributed by atoms with van der Waals surface area (Å²) in [7, 11) is 0. The molecule has 27 heavy (non-hydrogen) atoms. The van der Waals surface area contributed by atoms with Crippen molar-refractivity contribution in [1.82, 2.24) is 4.90 Å². The number of amides is 2. The van der Waals surface area contributed by atoms with Crippen molar-refractivity contribution in [2.75, 3.05) is 29.9 Å². The van der Waals surface area contributed by atoms with Gasteiger partial charge in [-0.2, -0.15) is 0 Å². The molecule has 1 aromatic rings. The molecule has 4 rings (SSSR count). The van der Waals surface area contributed by atoms with Gasteiger partial charge in [0.25, 0.3) is 0 Å². The van der Waals surface area contributed by atoms with Crippen molar-refractivity contribution in [2.45, 2.75) is 63.8 Å². The molecule has 2 aliphatic heterocycles. The van der Waals surface area contributed by atoms with Crippen molar-refractivity contribution < 1.29 is 9.59 Å². The standard InChI is InChI=1S/C22H31N3O2/c26-21-15-17(16-25(21)20-7-3-1-2-4-8-20)22(27)23-18-9-11-19(12-10-18)24-13-5-6-14-24/h9-12,17,20H,1-8,13-16H2,(H,23,27). The second-order valence-electron chi connectivity index (χ2n) is 8.32. The quantitative estimate of drug-likeness (QED) is 0.822. The topological polar surface area (TPSA) is 52.7 Å². The molecule has 1 unspecified atom stereocenters. The van der Waals surface area contributed by atoms with E-state index in [-0.39, 0.29) is 17.7 Å². The molecule has 1 atom stereocenters. The van der Waals surface area contributed by atoms with Crippen LogP contribution in [0, 0.1) is 5.92 Å². The smallest absolute Gasteiger partial charge is 0.229 e. The number of nitrogens with zero attached hydrogens (tertiary/aromatic N) is 2. The molecule has 0 aromatic heterocycles. The summed E-state index contributed by atoms with van der Waals surface area (Å²) in [5.74, 6) is -0.0844. The van der Waals surface area contributed by atoms with Crippen LogP contribution in [0.2, 0.25) is 0 Å². The Labute approximate surface area is 162 Å². The van der Waals surface area contributed by atoms with Gasteiger partial charge in [-0.1, -0.05) is 25.7 Å². The molecule has 3 fully saturated rings. The normalized spacial score (nSPS) is 24.3. The second kappa shape index (κ2) is 8.32. The fraction of sp³-hybridized carbons (Fsp3) is 0.636. The van der Waals surface area contributed by atoms with Gasteiger partial charge in [0.1, 0.15) is 0 Å². The summed E-state index contributed by atoms with van der Waals surface area (Å²) in [6.45, 7) is 2.82. The number of hydrogen-bond donors (Lipinski definition) is 1. The van der Waals surface area contributed by atoms with Crippen LogP contribution in [-0.4, -0.2) is 42.4 Å². The van der Waals surface area contributed by atoms with E-state index >= 15 is 0 Å². The molecule has 3 aliphatic rings. The lowest BCUT2D eigenvalue weighted by molar-refractivity contribution is -0.130. The summed E-state index contributed by atoms with van der Waals surface area (Å²) in [4.78, 5) is 29.6. The van der Waals surface area contributed by atoms with Crippen molar-refractivity contribution in [1.29, 1.82) is 0 Å². The van der Waals surface area contributed by atoms with Gasteiger partial charge < -0.3 is 15.1 Å². The molecule has 2 amide bonds. The molecule has 1 saturated carbocycles. The molecule has 1 aliphatic carbocycles. The minimum Gasteiger partial charge on any atom is -0.372 e. The van der Waals surface area contributed by atoms with Gasteiger partial charge in [0.05, 0.1) is 5.92 Å². The van der Waals surface area contributed by atoms with E-state index in [0.29, 0.717) is 19.0 Å². The lowest BCUT2D eigenvalue weighted by Gasteiger charge is -2.27. The first-order valence-electron chi connectivity index (χ1n) is 10.7. The molecule has 2 heterocycles. The highest BCUT2D eigenvalue weighted by Gasteiger charge is 2.37. The van der Waals surface area contributed by atoms with E-state index in [1.807, 2.05) is 17.0 Å². The van der Waals surface area contributed by atoms with Crippen LogP contribution in [0.1, 0.15) is 57.8 Å². The van der Waals surface area contributed by atoms with Crippen LogP contribution in [-0.2, 0) is 9.59 Å². The van der Waals surface area contributed by atoms with Crippen molar-refractivity contribution >= 4 is 23.2 Å². The summed E-state index contributed by atoms with van der Waals surface area (Å²) >= 11 is 0. The van der Waals surface area contributed by atoms with Gasteiger partial charge in [0, 0.05) is 43.5 Å². The van der Waals surface area contributed by atoms with E-state index in [2.05, 4.69) is 22.3 Å². The van der Waals surface area contributed by atoms with Gasteiger partial charge in [-0.25, -0.2) is 0 Å². The van der Waals surface area contributed by atoms with Crippen LogP contribution in [0.25, 0.3) is 0 Å². The predicted molar refractivity (Wildman–Crippen MR) is 108 cm³/mol. The third kappa shape index (κ3) is 4.28. The zero-order valence-corrected chi connectivity index (χ0v) is 16.2. The lowest BCUT2D eigenvalue weighted by Crippen LogP contribution is -2.37. The van der Waals surface area contributed by atoms with E-state index in [4.69, 9.17) is 0 Å². The molecule has 0 spiro atoms. The average Bonchev–Trinajstić information content (AvgIpc) is 3.26. The van der Waals surface area contributed by atoms with Crippen molar-refractivity contribution in [3.8, 4) is 0 Å². The minimum absolute atomic E-state index is 0.0200. The number of carbonyl (C=O) groups excluding carboxylic acids is 2. The molecule has 2 saturated heterocycles. The number of benzene rings is 1. The number of hydrogen-bond acceptors (Lipinski definition) is 3. The van der Waals surface area contributed by atoms with Gasteiger partial charge in [0.2, 0.25) is 11.8 Å². The molecular formula is C22H31N3O2. The number of carbonyl (C=O) groups is 2. The maximum atomic E-state index is 12.7. The fourth-order valence-electron chi connectivity index (χ4n) is 4.80. The fourth-order valence-corrected chi connectivity index (χ4v) is 4.80. The molecule has 0 bridgehead atoms. The molecule has 146 valence electrons. The van der Waals surface area contributed by atoms with E-state index < -0.39 is 0 Å². The maximum Gasteiger partial charge on any atom is 0.229 e. The Morgan fingerprint density at radius 3 is 2.26 bits per heavy atom. The Balaban J connectivity index is 1.33. The first-order valence-corrected chi connectivity index (χ1v) is 10.7. The summed E-state index contributed by atoms with van der Waals surface area (Å²) < 4.78 is 0. The van der Waals surface area contributed by atoms with Gasteiger partial charge in [-0.3, -0.25) is 9.59 Å². The summed E-state index contributed by atoms with van der Waals surface area (Å²) in [5.41, 5.74) is 2.05. The van der Waals surface area contributed by atoms with Crippen LogP contribution in [0.5, 0.6) is 0 Å². The number of likely N-dealkylation sites (tertiary alicyclic amines) is 1. The number of anilines is 2. The first-order chi connectivity index (χ1) is 13.2. The van der Waals surface area contributed by atoms with Crippen LogP contribution >= 0.6 is 0 Å². The van der Waals surface area contributed by atoms with E-state index in [0.717, 1.165) is 31.6 Å². The van der Waals surface area contributed by atoms with Gasteiger partial charge in [-0.15, -0.1) is 0 Å². The van der Waals surface area contributed by atoms with Gasteiger partial charge >= 0.3 is 0 Å². The molecule has 5 nitrogen and oxygen atoms in total. The van der Waals surface area contributed by atoms with Crippen LogP contribution < -0.4 is 10.2 Å². The second-order valence-corrected chi connectivity index (χ2v) is 8.32. The zero-order chi connectivity index (χ0) is 18.6. The maximum absolute atomic E-state index is 12.7. The van der Waals surface area contributed by atoms with Gasteiger partial charge in [-0.05, 0) is 49.9 Å². The highest BCUT2D eigenvalue weighted by Crippen LogP contribution is 2.29. The Kier molecular flexibility index (Phi) is 5.65. The van der Waals surface area contributed by atoms with Crippen LogP contribution in [0.3, 0.4) is 0 Å². The average molecular weight is 370 g/mol. The zero-order valence-electron chi connectivity index (χ0n) is 16.2. The number of rotatable bonds is 4. The Bertz CT molecular complexity index is 659. The van der Waals surface area contributed by atoms with Crippen LogP contribution in [0.15, 0.2) is 24.3 Å². The Hall–Kier alpha value is -2.04. The summed E-state index contributed by atoms with van der Waals surface area (Å²) in [6, 6.07) is 8.46. The molecule has 0 radical (unpaired) electrons. The molecule has 1 aromatic carbocycles. The predicted octanol–water partition coefficient (Wildman–Crippen LogP) is 3.80. The SMILES string of the molecule is O=C(Nc1ccc(N2CCCC2)cc1)C1CC(=O)N(C2CCCCCC2)C1. The van der Waals surface area contributed by atoms with E-state index in [1.54, 1.807) is 0 Å². The third-order valence-electron chi connectivity index (χ3n) is 6.40. The monoisotopic (exact) mass is 369 g/mol. The summed E-state index contributed by atoms with van der Waals surface area (Å²) in [6.07, 6.45) is 10.0. The molecular weight excluding hydrogens is 338 g/mol. The highest BCUT2D eigenvalue weighted by molar-refractivity contribution is 5.97. The Morgan fingerprint density at radius 2 is 1.59 bits per heavy atom. The van der Waals surface area contributed by atoms with E-state index in [9.17, 15) is 9.59 Å². The van der Waals surface area contributed by atoms with Crippen molar-refractivity contribution in [3.63, 3.8) is 0 Å². The Morgan fingerprint density at radius 1 is 0.926 bits per heavy atom.